The van der Waals surface area contributed by atoms with E-state index < -0.39 is 58.9 Å². The standard InChI is InChI=1S/C28H33F5N4O5/c1-14-21(16-7-8-17(29)22(30)23(16)41-6)24(42-27(14,2)28(31,32)33)25(38)35-15-9-10-34-18(11-15)26(39)37(4)19-12-36(3)13-20(19)40-5/h7-11,14,19-21,24H,12-13H2,1-6H3,(H,34,35,38)/t14-,19-,20-,21-,24+,27+/m0/s1. The summed E-state index contributed by atoms with van der Waals surface area (Å²) in [6, 6.07) is 4.24. The average Bonchev–Trinajstić information content (AvgIpc) is 3.46. The molecule has 9 nitrogen and oxygen atoms in total. The second-order valence-electron chi connectivity index (χ2n) is 10.8. The van der Waals surface area contributed by atoms with E-state index in [1.165, 1.54) is 30.2 Å². The number of pyridine rings is 1. The maximum Gasteiger partial charge on any atom is 0.417 e. The van der Waals surface area contributed by atoms with Crippen molar-refractivity contribution in [2.75, 3.05) is 46.7 Å². The minimum atomic E-state index is -4.90. The number of halogens is 5. The average molecular weight is 601 g/mol. The fourth-order valence-corrected chi connectivity index (χ4v) is 5.75. The number of ether oxygens (including phenoxy) is 3. The van der Waals surface area contributed by atoms with Gasteiger partial charge in [0, 0.05) is 56.5 Å². The number of nitrogens with one attached hydrogen (secondary N) is 1. The third-order valence-corrected chi connectivity index (χ3v) is 8.36. The Morgan fingerprint density at radius 3 is 2.50 bits per heavy atom. The maximum absolute atomic E-state index is 14.6. The van der Waals surface area contributed by atoms with Crippen molar-refractivity contribution in [1.82, 2.24) is 14.8 Å². The van der Waals surface area contributed by atoms with Crippen LogP contribution in [0.5, 0.6) is 5.75 Å². The molecule has 0 saturated carbocycles. The smallest absolute Gasteiger partial charge is 0.417 e. The summed E-state index contributed by atoms with van der Waals surface area (Å²) in [6.07, 6.45) is -5.63. The second-order valence-corrected chi connectivity index (χ2v) is 10.8. The molecule has 0 aliphatic carbocycles. The second kappa shape index (κ2) is 11.7. The molecule has 3 heterocycles. The lowest BCUT2D eigenvalue weighted by Crippen LogP contribution is -2.47. The van der Waals surface area contributed by atoms with Gasteiger partial charge in [0.1, 0.15) is 11.8 Å². The molecule has 0 unspecified atom stereocenters. The first-order valence-electron chi connectivity index (χ1n) is 13.2. The van der Waals surface area contributed by atoms with E-state index in [-0.39, 0.29) is 29.1 Å². The van der Waals surface area contributed by atoms with Crippen LogP contribution < -0.4 is 10.1 Å². The van der Waals surface area contributed by atoms with Crippen molar-refractivity contribution in [3.63, 3.8) is 0 Å². The van der Waals surface area contributed by atoms with Crippen LogP contribution in [-0.4, -0.2) is 98.0 Å². The Morgan fingerprint density at radius 1 is 1.19 bits per heavy atom. The molecule has 2 aromatic rings. The van der Waals surface area contributed by atoms with Crippen molar-refractivity contribution in [2.24, 2.45) is 5.92 Å². The van der Waals surface area contributed by atoms with Crippen LogP contribution in [0.4, 0.5) is 27.6 Å². The molecule has 230 valence electrons. The molecule has 42 heavy (non-hydrogen) atoms. The van der Waals surface area contributed by atoms with Crippen LogP contribution in [0.25, 0.3) is 0 Å². The Hall–Kier alpha value is -3.36. The number of amides is 2. The summed E-state index contributed by atoms with van der Waals surface area (Å²) in [5.41, 5.74) is -2.89. The molecule has 0 spiro atoms. The Kier molecular flexibility index (Phi) is 8.82. The number of carbonyl (C=O) groups is 2. The van der Waals surface area contributed by atoms with Gasteiger partial charge in [-0.2, -0.15) is 17.6 Å². The van der Waals surface area contributed by atoms with Gasteiger partial charge in [-0.3, -0.25) is 14.6 Å². The van der Waals surface area contributed by atoms with Gasteiger partial charge in [-0.05, 0) is 32.2 Å². The van der Waals surface area contributed by atoms with Crippen LogP contribution in [-0.2, 0) is 14.3 Å². The van der Waals surface area contributed by atoms with Gasteiger partial charge in [0.05, 0.1) is 19.3 Å². The van der Waals surface area contributed by atoms with Crippen molar-refractivity contribution < 1.29 is 45.8 Å². The van der Waals surface area contributed by atoms with Crippen molar-refractivity contribution in [3.05, 3.63) is 53.4 Å². The van der Waals surface area contributed by atoms with Crippen molar-refractivity contribution in [3.8, 4) is 5.75 Å². The van der Waals surface area contributed by atoms with Gasteiger partial charge in [0.25, 0.3) is 11.8 Å². The zero-order valence-corrected chi connectivity index (χ0v) is 24.0. The molecule has 2 aliphatic heterocycles. The van der Waals surface area contributed by atoms with E-state index in [4.69, 9.17) is 14.2 Å². The number of benzene rings is 1. The summed E-state index contributed by atoms with van der Waals surface area (Å²) in [4.78, 5) is 34.4. The molecule has 2 saturated heterocycles. The van der Waals surface area contributed by atoms with Gasteiger partial charge in [-0.1, -0.05) is 13.0 Å². The lowest BCUT2D eigenvalue weighted by atomic mass is 9.77. The van der Waals surface area contributed by atoms with Crippen molar-refractivity contribution in [1.29, 1.82) is 0 Å². The number of hydrogen-bond donors (Lipinski definition) is 1. The van der Waals surface area contributed by atoms with Gasteiger partial charge in [0.2, 0.25) is 5.82 Å². The molecular weight excluding hydrogens is 567 g/mol. The largest absolute Gasteiger partial charge is 0.493 e. The number of anilines is 1. The summed E-state index contributed by atoms with van der Waals surface area (Å²) in [5, 5.41) is 2.50. The van der Waals surface area contributed by atoms with E-state index in [1.54, 1.807) is 14.2 Å². The van der Waals surface area contributed by atoms with Gasteiger partial charge in [-0.25, -0.2) is 4.39 Å². The first-order valence-corrected chi connectivity index (χ1v) is 13.2. The first kappa shape index (κ1) is 31.6. The molecule has 14 heteroatoms. The highest BCUT2D eigenvalue weighted by Gasteiger charge is 2.66. The number of alkyl halides is 3. The fourth-order valence-electron chi connectivity index (χ4n) is 5.75. The minimum Gasteiger partial charge on any atom is -0.493 e. The number of rotatable bonds is 7. The summed E-state index contributed by atoms with van der Waals surface area (Å²) < 4.78 is 87.1. The fraction of sp³-hybridized carbons (Fsp3) is 0.536. The SMILES string of the molecule is COc1c([C@H]2[C@H](C(=O)Nc3ccnc(C(=O)N(C)[C@H]4CN(C)C[C@@H]4OC)c3)O[C@@](C)(C(F)(F)F)[C@H]2C)ccc(F)c1F. The Bertz CT molecular complexity index is 1340. The first-order chi connectivity index (χ1) is 19.6. The third-order valence-electron chi connectivity index (χ3n) is 8.36. The van der Waals surface area contributed by atoms with E-state index in [0.29, 0.717) is 13.1 Å². The topological polar surface area (TPSA) is 93.2 Å². The van der Waals surface area contributed by atoms with Crippen LogP contribution in [0.1, 0.15) is 35.8 Å². The van der Waals surface area contributed by atoms with Gasteiger partial charge in [-0.15, -0.1) is 0 Å². The van der Waals surface area contributed by atoms with Crippen LogP contribution in [0, 0.1) is 17.6 Å². The number of carbonyl (C=O) groups excluding carboxylic acids is 2. The summed E-state index contributed by atoms with van der Waals surface area (Å²) in [5.74, 6) is -7.50. The lowest BCUT2D eigenvalue weighted by molar-refractivity contribution is -0.272. The summed E-state index contributed by atoms with van der Waals surface area (Å²) in [7, 11) is 6.11. The number of methoxy groups -OCH3 is 2. The normalized spacial score (nSPS) is 28.1. The molecular formula is C28H33F5N4O5. The number of nitrogens with zero attached hydrogens (tertiary/aromatic N) is 3. The van der Waals surface area contributed by atoms with Crippen molar-refractivity contribution >= 4 is 17.5 Å². The quantitative estimate of drug-likeness (QED) is 0.483. The van der Waals surface area contributed by atoms with E-state index in [1.807, 2.05) is 11.9 Å². The Morgan fingerprint density at radius 2 is 1.88 bits per heavy atom. The monoisotopic (exact) mass is 600 g/mol. The molecule has 4 rings (SSSR count). The molecule has 2 fully saturated rings. The molecule has 1 N–H and O–H groups in total. The Labute approximate surface area is 239 Å². The van der Waals surface area contributed by atoms with E-state index in [0.717, 1.165) is 26.2 Å². The molecule has 0 radical (unpaired) electrons. The lowest BCUT2D eigenvalue weighted by Gasteiger charge is -2.32. The molecule has 0 bridgehead atoms. The predicted molar refractivity (Wildman–Crippen MR) is 141 cm³/mol. The van der Waals surface area contributed by atoms with E-state index >= 15 is 0 Å². The van der Waals surface area contributed by atoms with Crippen LogP contribution in [0.3, 0.4) is 0 Å². The molecule has 1 aromatic heterocycles. The highest BCUT2D eigenvalue weighted by atomic mass is 19.4. The number of likely N-dealkylation sites (N-methyl/N-ethyl adjacent to an activating group) is 2. The summed E-state index contributed by atoms with van der Waals surface area (Å²) in [6.45, 7) is 3.22. The number of aromatic nitrogens is 1. The predicted octanol–water partition coefficient (Wildman–Crippen LogP) is 3.85. The van der Waals surface area contributed by atoms with E-state index in [2.05, 4.69) is 10.3 Å². The van der Waals surface area contributed by atoms with Gasteiger partial charge < -0.3 is 29.3 Å². The zero-order chi connectivity index (χ0) is 31.1. The Balaban J connectivity index is 1.64. The van der Waals surface area contributed by atoms with Gasteiger partial charge >= 0.3 is 6.18 Å². The van der Waals surface area contributed by atoms with Crippen LogP contribution in [0.2, 0.25) is 0 Å². The maximum atomic E-state index is 14.6. The highest BCUT2D eigenvalue weighted by Crippen LogP contribution is 2.55. The molecule has 6 atom stereocenters. The zero-order valence-electron chi connectivity index (χ0n) is 24.0. The molecule has 2 aliphatic rings. The number of likely N-dealkylation sites (tertiary alicyclic amines) is 1. The minimum absolute atomic E-state index is 0.0145. The van der Waals surface area contributed by atoms with Crippen molar-refractivity contribution in [2.45, 2.75) is 49.8 Å². The van der Waals surface area contributed by atoms with E-state index in [9.17, 15) is 31.5 Å². The summed E-state index contributed by atoms with van der Waals surface area (Å²) >= 11 is 0. The highest BCUT2D eigenvalue weighted by molar-refractivity contribution is 5.98. The molecule has 2 amide bonds. The van der Waals surface area contributed by atoms with Crippen LogP contribution >= 0.6 is 0 Å². The third kappa shape index (κ3) is 5.54. The number of hydrogen-bond acceptors (Lipinski definition) is 7. The molecule has 1 aromatic carbocycles. The van der Waals surface area contributed by atoms with Gasteiger partial charge in [0.15, 0.2) is 17.2 Å². The van der Waals surface area contributed by atoms with Crippen LogP contribution in [0.15, 0.2) is 30.5 Å².